The molecule has 0 spiro atoms. The summed E-state index contributed by atoms with van der Waals surface area (Å²) in [6, 6.07) is 0. The maximum absolute atomic E-state index is 11.6. The molecule has 0 aromatic carbocycles. The minimum Gasteiger partial charge on any atom is -0.323 e. The minimum absolute atomic E-state index is 0.159. The summed E-state index contributed by atoms with van der Waals surface area (Å²) in [5, 5.41) is 2.75. The first kappa shape index (κ1) is 12.6. The molecule has 1 N–H and O–H groups in total. The molecule has 0 heterocycles. The molecule has 1 unspecified atom stereocenters. The topological polar surface area (TPSA) is 12.0 Å². The van der Waals surface area contributed by atoms with E-state index in [1.54, 1.807) is 0 Å². The van der Waals surface area contributed by atoms with E-state index in [4.69, 9.17) is 0 Å². The van der Waals surface area contributed by atoms with Gasteiger partial charge in [0, 0.05) is 0 Å². The van der Waals surface area contributed by atoms with Crippen LogP contribution in [0.4, 0.5) is 4.39 Å². The number of hydrogen-bond donors (Lipinski definition) is 1. The van der Waals surface area contributed by atoms with Gasteiger partial charge in [-0.3, -0.25) is 4.39 Å². The van der Waals surface area contributed by atoms with Crippen molar-refractivity contribution in [2.75, 3.05) is 20.8 Å². The molecule has 0 saturated heterocycles. The van der Waals surface area contributed by atoms with E-state index >= 15 is 0 Å². The van der Waals surface area contributed by atoms with E-state index in [1.807, 2.05) is 21.0 Å². The largest absolute Gasteiger partial charge is 0.323 e. The van der Waals surface area contributed by atoms with Crippen LogP contribution in [-0.4, -0.2) is 20.8 Å². The highest BCUT2D eigenvalue weighted by atomic mass is 19.1. The zero-order chi connectivity index (χ0) is 8.41. The molecule has 0 bridgehead atoms. The maximum Gasteiger partial charge on any atom is 0.0919 e. The van der Waals surface area contributed by atoms with Gasteiger partial charge >= 0.3 is 0 Å². The van der Waals surface area contributed by atoms with Gasteiger partial charge in [0.15, 0.2) is 0 Å². The number of halogens is 1. The maximum atomic E-state index is 11.6. The van der Waals surface area contributed by atoms with Crippen LogP contribution in [0, 0.1) is 5.92 Å². The molecule has 0 aromatic rings. The van der Waals surface area contributed by atoms with Gasteiger partial charge in [0.25, 0.3) is 0 Å². The van der Waals surface area contributed by atoms with E-state index < -0.39 is 0 Å². The second-order valence-electron chi connectivity index (χ2n) is 2.55. The van der Waals surface area contributed by atoms with Gasteiger partial charge in [-0.05, 0) is 26.4 Å². The Morgan fingerprint density at radius 1 is 1.40 bits per heavy atom. The Morgan fingerprint density at radius 3 is 1.90 bits per heavy atom. The van der Waals surface area contributed by atoms with Crippen LogP contribution in [0.5, 0.6) is 0 Å². The van der Waals surface area contributed by atoms with E-state index in [0.717, 1.165) is 12.8 Å². The summed E-state index contributed by atoms with van der Waals surface area (Å²) in [5.74, 6) is 0.282. The molecule has 0 fully saturated rings. The van der Waals surface area contributed by atoms with Crippen molar-refractivity contribution < 1.29 is 4.39 Å². The molecular weight excluding hydrogens is 129 g/mol. The Morgan fingerprint density at radius 2 is 1.80 bits per heavy atom. The first-order valence-corrected chi connectivity index (χ1v) is 3.87. The van der Waals surface area contributed by atoms with Gasteiger partial charge < -0.3 is 5.32 Å². The van der Waals surface area contributed by atoms with E-state index in [-0.39, 0.29) is 12.6 Å². The molecule has 0 aliphatic carbocycles. The van der Waals surface area contributed by atoms with Crippen LogP contribution < -0.4 is 5.32 Å². The number of rotatable bonds is 3. The quantitative estimate of drug-likeness (QED) is 0.649. The molecule has 0 rings (SSSR count). The Balaban J connectivity index is 0. The second kappa shape index (κ2) is 11.7. The van der Waals surface area contributed by atoms with E-state index in [1.165, 1.54) is 0 Å². The third-order valence-electron chi connectivity index (χ3n) is 1.04. The summed E-state index contributed by atoms with van der Waals surface area (Å²) >= 11 is 0. The first-order valence-electron chi connectivity index (χ1n) is 3.87. The molecule has 0 radical (unpaired) electrons. The summed E-state index contributed by atoms with van der Waals surface area (Å²) in [4.78, 5) is 0. The molecule has 10 heavy (non-hydrogen) atoms. The highest BCUT2D eigenvalue weighted by Crippen LogP contribution is 2.03. The van der Waals surface area contributed by atoms with Gasteiger partial charge in [0.1, 0.15) is 0 Å². The molecule has 64 valence electrons. The van der Waals surface area contributed by atoms with Crippen molar-refractivity contribution >= 4 is 0 Å². The molecule has 0 aromatic heterocycles. The lowest BCUT2D eigenvalue weighted by Crippen LogP contribution is -1.93. The highest BCUT2D eigenvalue weighted by Gasteiger charge is 1.95. The highest BCUT2D eigenvalue weighted by molar-refractivity contribution is 4.46. The average molecular weight is 149 g/mol. The zero-order valence-electron chi connectivity index (χ0n) is 7.58. The van der Waals surface area contributed by atoms with Gasteiger partial charge in [0.2, 0.25) is 0 Å². The third-order valence-corrected chi connectivity index (χ3v) is 1.04. The normalized spacial score (nSPS) is 11.7. The molecular formula is C8H20FN. The van der Waals surface area contributed by atoms with Crippen molar-refractivity contribution in [2.24, 2.45) is 5.92 Å². The molecule has 1 nitrogen and oxygen atoms in total. The predicted molar refractivity (Wildman–Crippen MR) is 45.0 cm³/mol. The number of alkyl halides is 1. The lowest BCUT2D eigenvalue weighted by Gasteiger charge is -1.99. The van der Waals surface area contributed by atoms with Crippen molar-refractivity contribution in [2.45, 2.75) is 26.7 Å². The molecule has 0 amide bonds. The minimum atomic E-state index is -0.159. The molecule has 0 aliphatic heterocycles. The summed E-state index contributed by atoms with van der Waals surface area (Å²) in [6.07, 6.45) is 2.13. The summed E-state index contributed by atoms with van der Waals surface area (Å²) < 4.78 is 11.6. The van der Waals surface area contributed by atoms with Gasteiger partial charge in [-0.25, -0.2) is 0 Å². The second-order valence-corrected chi connectivity index (χ2v) is 2.55. The Kier molecular flexibility index (Phi) is 14.6. The van der Waals surface area contributed by atoms with E-state index in [0.29, 0.717) is 0 Å². The molecule has 1 atom stereocenters. The van der Waals surface area contributed by atoms with E-state index in [2.05, 4.69) is 12.2 Å². The summed E-state index contributed by atoms with van der Waals surface area (Å²) in [6.45, 7) is 3.85. The van der Waals surface area contributed by atoms with E-state index in [9.17, 15) is 4.39 Å². The fourth-order valence-corrected chi connectivity index (χ4v) is 0.570. The predicted octanol–water partition coefficient (Wildman–Crippen LogP) is 2.23. The molecule has 0 aliphatic rings. The Labute approximate surface area is 64.0 Å². The van der Waals surface area contributed by atoms with Crippen LogP contribution in [-0.2, 0) is 0 Å². The summed E-state index contributed by atoms with van der Waals surface area (Å²) in [7, 11) is 3.75. The third kappa shape index (κ3) is 15.7. The van der Waals surface area contributed by atoms with Crippen molar-refractivity contribution in [1.82, 2.24) is 5.32 Å². The van der Waals surface area contributed by atoms with Gasteiger partial charge in [-0.15, -0.1) is 0 Å². The fourth-order valence-electron chi connectivity index (χ4n) is 0.570. The Hall–Kier alpha value is -0.110. The van der Waals surface area contributed by atoms with Crippen molar-refractivity contribution in [3.8, 4) is 0 Å². The lowest BCUT2D eigenvalue weighted by atomic mass is 10.1. The Bertz CT molecular complexity index is 48.5. The van der Waals surface area contributed by atoms with Crippen molar-refractivity contribution in [1.29, 1.82) is 0 Å². The van der Waals surface area contributed by atoms with Gasteiger partial charge in [0.05, 0.1) is 6.67 Å². The standard InChI is InChI=1S/C6H13F.C2H7N/c1-3-4-6(2)5-7;1-3-2/h6H,3-5H2,1-2H3;3H,1-2H3. The van der Waals surface area contributed by atoms with Crippen molar-refractivity contribution in [3.63, 3.8) is 0 Å². The van der Waals surface area contributed by atoms with Crippen LogP contribution in [0.1, 0.15) is 26.7 Å². The fraction of sp³-hybridized carbons (Fsp3) is 1.00. The first-order chi connectivity index (χ1) is 4.72. The van der Waals surface area contributed by atoms with Crippen LogP contribution in [0.25, 0.3) is 0 Å². The van der Waals surface area contributed by atoms with Crippen LogP contribution in [0.15, 0.2) is 0 Å². The summed E-state index contributed by atoms with van der Waals surface area (Å²) in [5.41, 5.74) is 0. The van der Waals surface area contributed by atoms with Crippen LogP contribution in [0.2, 0.25) is 0 Å². The lowest BCUT2D eigenvalue weighted by molar-refractivity contribution is 0.364. The van der Waals surface area contributed by atoms with Crippen LogP contribution >= 0.6 is 0 Å². The van der Waals surface area contributed by atoms with Crippen LogP contribution in [0.3, 0.4) is 0 Å². The smallest absolute Gasteiger partial charge is 0.0919 e. The number of hydrogen-bond acceptors (Lipinski definition) is 1. The monoisotopic (exact) mass is 149 g/mol. The molecule has 2 heteroatoms. The van der Waals surface area contributed by atoms with Crippen molar-refractivity contribution in [3.05, 3.63) is 0 Å². The SMILES string of the molecule is CCCC(C)CF.CNC. The average Bonchev–Trinajstić information content (AvgIpc) is 1.90. The zero-order valence-corrected chi connectivity index (χ0v) is 7.58. The van der Waals surface area contributed by atoms with Gasteiger partial charge in [-0.2, -0.15) is 0 Å². The molecule has 0 saturated carbocycles. The number of nitrogens with one attached hydrogen (secondary N) is 1. The van der Waals surface area contributed by atoms with Gasteiger partial charge in [-0.1, -0.05) is 20.3 Å².